The number of rotatable bonds is 2. The van der Waals surface area contributed by atoms with Crippen molar-refractivity contribution in [1.82, 2.24) is 19.6 Å². The molecule has 20 heavy (non-hydrogen) atoms. The Morgan fingerprint density at radius 3 is 2.65 bits per heavy atom. The monoisotopic (exact) mass is 296 g/mol. The summed E-state index contributed by atoms with van der Waals surface area (Å²) in [6, 6.07) is 0.233. The van der Waals surface area contributed by atoms with E-state index in [2.05, 4.69) is 24.0 Å². The molecule has 1 atom stereocenters. The predicted octanol–water partition coefficient (Wildman–Crippen LogP) is 1.56. The number of nitrogens with zero attached hydrogens (tertiary/aromatic N) is 4. The van der Waals surface area contributed by atoms with E-state index in [-0.39, 0.29) is 11.9 Å². The zero-order valence-electron chi connectivity index (χ0n) is 12.4. The van der Waals surface area contributed by atoms with Crippen LogP contribution in [-0.2, 0) is 11.8 Å². The molecule has 1 saturated heterocycles. The first-order valence-corrected chi connectivity index (χ1v) is 7.14. The lowest BCUT2D eigenvalue weighted by Gasteiger charge is -2.37. The molecule has 1 unspecified atom stereocenters. The molecule has 1 fully saturated rings. The topological polar surface area (TPSA) is 41.4 Å². The highest BCUT2D eigenvalue weighted by Crippen LogP contribution is 2.20. The SMILES string of the molecule is Cc1nn(C)c(Cl)c1C=CC(=O)N1CCN(C)CC1C. The number of halogens is 1. The summed E-state index contributed by atoms with van der Waals surface area (Å²) in [4.78, 5) is 16.4. The molecule has 6 heteroatoms. The van der Waals surface area contributed by atoms with Crippen molar-refractivity contribution in [3.05, 3.63) is 22.5 Å². The third kappa shape index (κ3) is 3.04. The molecule has 1 aromatic heterocycles. The maximum absolute atomic E-state index is 12.3. The first-order valence-electron chi connectivity index (χ1n) is 6.76. The quantitative estimate of drug-likeness (QED) is 0.778. The van der Waals surface area contributed by atoms with Crippen LogP contribution in [0.1, 0.15) is 18.2 Å². The summed E-state index contributed by atoms with van der Waals surface area (Å²) in [5.74, 6) is 0.0323. The summed E-state index contributed by atoms with van der Waals surface area (Å²) in [5, 5.41) is 4.78. The lowest BCUT2D eigenvalue weighted by atomic mass is 10.2. The molecule has 0 aromatic carbocycles. The zero-order valence-corrected chi connectivity index (χ0v) is 13.2. The van der Waals surface area contributed by atoms with Gasteiger partial charge in [0.1, 0.15) is 5.15 Å². The molecule has 0 bridgehead atoms. The Hall–Kier alpha value is -1.33. The van der Waals surface area contributed by atoms with Gasteiger partial charge in [-0.15, -0.1) is 0 Å². The first kappa shape index (κ1) is 15.1. The predicted molar refractivity (Wildman–Crippen MR) is 80.7 cm³/mol. The van der Waals surface area contributed by atoms with Crippen LogP contribution in [0.25, 0.3) is 6.08 Å². The van der Waals surface area contributed by atoms with Gasteiger partial charge < -0.3 is 9.80 Å². The largest absolute Gasteiger partial charge is 0.334 e. The summed E-state index contributed by atoms with van der Waals surface area (Å²) in [5.41, 5.74) is 1.64. The van der Waals surface area contributed by atoms with Gasteiger partial charge in [0.05, 0.1) is 5.69 Å². The Balaban J connectivity index is 2.09. The minimum Gasteiger partial charge on any atom is -0.334 e. The summed E-state index contributed by atoms with van der Waals surface area (Å²) in [7, 11) is 3.87. The number of piperazine rings is 1. The van der Waals surface area contributed by atoms with Gasteiger partial charge in [0.2, 0.25) is 5.91 Å². The average molecular weight is 297 g/mol. The van der Waals surface area contributed by atoms with Gasteiger partial charge in [-0.05, 0) is 27.0 Å². The first-order chi connectivity index (χ1) is 9.40. The van der Waals surface area contributed by atoms with Crippen LogP contribution < -0.4 is 0 Å². The van der Waals surface area contributed by atoms with E-state index in [1.807, 2.05) is 11.8 Å². The van der Waals surface area contributed by atoms with Crippen LogP contribution >= 0.6 is 11.6 Å². The Labute approximate surface area is 124 Å². The van der Waals surface area contributed by atoms with Crippen molar-refractivity contribution in [2.45, 2.75) is 19.9 Å². The molecule has 0 spiro atoms. The molecular weight excluding hydrogens is 276 g/mol. The molecule has 1 aliphatic rings. The van der Waals surface area contributed by atoms with Crippen molar-refractivity contribution < 1.29 is 4.79 Å². The smallest absolute Gasteiger partial charge is 0.246 e. The molecule has 5 nitrogen and oxygen atoms in total. The lowest BCUT2D eigenvalue weighted by molar-refractivity contribution is -0.129. The van der Waals surface area contributed by atoms with Crippen LogP contribution in [0.2, 0.25) is 5.15 Å². The van der Waals surface area contributed by atoms with Gasteiger partial charge >= 0.3 is 0 Å². The number of hydrogen-bond acceptors (Lipinski definition) is 3. The molecule has 0 aliphatic carbocycles. The van der Waals surface area contributed by atoms with Crippen LogP contribution in [0, 0.1) is 6.92 Å². The fraction of sp³-hybridized carbons (Fsp3) is 0.571. The molecule has 0 saturated carbocycles. The van der Waals surface area contributed by atoms with Crippen LogP contribution in [0.15, 0.2) is 6.08 Å². The normalized spacial score (nSPS) is 20.9. The van der Waals surface area contributed by atoms with Crippen LogP contribution in [0.3, 0.4) is 0 Å². The van der Waals surface area contributed by atoms with Crippen molar-refractivity contribution in [2.75, 3.05) is 26.7 Å². The number of aromatic nitrogens is 2. The standard InChI is InChI=1S/C14H21ClN4O/c1-10-9-17(3)7-8-19(10)13(20)6-5-12-11(2)16-18(4)14(12)15/h5-6,10H,7-9H2,1-4H3. The molecular formula is C14H21ClN4O. The van der Waals surface area contributed by atoms with E-state index >= 15 is 0 Å². The fourth-order valence-corrected chi connectivity index (χ4v) is 2.79. The maximum Gasteiger partial charge on any atom is 0.246 e. The highest BCUT2D eigenvalue weighted by molar-refractivity contribution is 6.31. The van der Waals surface area contributed by atoms with Gasteiger partial charge in [0.15, 0.2) is 0 Å². The van der Waals surface area contributed by atoms with E-state index in [0.717, 1.165) is 30.9 Å². The summed E-state index contributed by atoms with van der Waals surface area (Å²) >= 11 is 6.15. The van der Waals surface area contributed by atoms with Gasteiger partial charge in [0.25, 0.3) is 0 Å². The Kier molecular flexibility index (Phi) is 4.50. The molecule has 1 aromatic rings. The second kappa shape index (κ2) is 5.97. The van der Waals surface area contributed by atoms with E-state index < -0.39 is 0 Å². The molecule has 1 amide bonds. The van der Waals surface area contributed by atoms with Crippen LogP contribution in [0.5, 0.6) is 0 Å². The summed E-state index contributed by atoms with van der Waals surface area (Å²) < 4.78 is 1.61. The maximum atomic E-state index is 12.3. The third-order valence-electron chi connectivity index (χ3n) is 3.70. The number of amides is 1. The zero-order chi connectivity index (χ0) is 14.9. The van der Waals surface area contributed by atoms with E-state index in [9.17, 15) is 4.79 Å². The molecule has 2 rings (SSSR count). The molecule has 110 valence electrons. The van der Waals surface area contributed by atoms with Gasteiger partial charge in [-0.2, -0.15) is 5.10 Å². The highest BCUT2D eigenvalue weighted by Gasteiger charge is 2.24. The minimum absolute atomic E-state index is 0.0323. The van der Waals surface area contributed by atoms with Gasteiger partial charge in [-0.1, -0.05) is 11.6 Å². The second-order valence-electron chi connectivity index (χ2n) is 5.39. The lowest BCUT2D eigenvalue weighted by Crippen LogP contribution is -2.52. The van der Waals surface area contributed by atoms with Crippen molar-refractivity contribution >= 4 is 23.6 Å². The number of likely N-dealkylation sites (N-methyl/N-ethyl adjacent to an activating group) is 1. The van der Waals surface area contributed by atoms with E-state index in [1.54, 1.807) is 23.9 Å². The molecule has 0 N–H and O–H groups in total. The number of carbonyl (C=O) groups excluding carboxylic acids is 1. The average Bonchev–Trinajstić information content (AvgIpc) is 2.61. The van der Waals surface area contributed by atoms with E-state index in [1.165, 1.54) is 0 Å². The van der Waals surface area contributed by atoms with Crippen LogP contribution in [-0.4, -0.2) is 58.2 Å². The third-order valence-corrected chi connectivity index (χ3v) is 4.15. The van der Waals surface area contributed by atoms with Crippen LogP contribution in [0.4, 0.5) is 0 Å². The van der Waals surface area contributed by atoms with E-state index in [0.29, 0.717) is 5.15 Å². The molecule has 1 aliphatic heterocycles. The van der Waals surface area contributed by atoms with E-state index in [4.69, 9.17) is 11.6 Å². The van der Waals surface area contributed by atoms with Gasteiger partial charge in [-0.3, -0.25) is 9.48 Å². The minimum atomic E-state index is 0.0323. The highest BCUT2D eigenvalue weighted by atomic mass is 35.5. The molecule has 0 radical (unpaired) electrons. The second-order valence-corrected chi connectivity index (χ2v) is 5.75. The van der Waals surface area contributed by atoms with Crippen molar-refractivity contribution in [2.24, 2.45) is 7.05 Å². The summed E-state index contributed by atoms with van der Waals surface area (Å²) in [6.45, 7) is 6.54. The number of aryl methyl sites for hydroxylation is 2. The Morgan fingerprint density at radius 2 is 2.10 bits per heavy atom. The Bertz CT molecular complexity index is 538. The van der Waals surface area contributed by atoms with Gasteiger partial charge in [0, 0.05) is 44.4 Å². The van der Waals surface area contributed by atoms with Crippen molar-refractivity contribution in [1.29, 1.82) is 0 Å². The number of carbonyl (C=O) groups is 1. The van der Waals surface area contributed by atoms with Crippen molar-refractivity contribution in [3.8, 4) is 0 Å². The Morgan fingerprint density at radius 1 is 1.40 bits per heavy atom. The molecule has 2 heterocycles. The van der Waals surface area contributed by atoms with Gasteiger partial charge in [-0.25, -0.2) is 0 Å². The number of hydrogen-bond donors (Lipinski definition) is 0. The summed E-state index contributed by atoms with van der Waals surface area (Å²) in [6.07, 6.45) is 3.36. The fourth-order valence-electron chi connectivity index (χ4n) is 2.55. The van der Waals surface area contributed by atoms with Crippen molar-refractivity contribution in [3.63, 3.8) is 0 Å².